The van der Waals surface area contributed by atoms with Crippen LogP contribution in [0.25, 0.3) is 10.8 Å². The molecule has 0 spiro atoms. The van der Waals surface area contributed by atoms with E-state index in [0.717, 1.165) is 5.56 Å². The fraction of sp³-hybridized carbons (Fsp3) is 0.143. The number of hydrogen-bond donors (Lipinski definition) is 1. The van der Waals surface area contributed by atoms with Gasteiger partial charge in [-0.3, -0.25) is 9.59 Å². The topological polar surface area (TPSA) is 72.8 Å². The molecule has 0 bridgehead atoms. The van der Waals surface area contributed by atoms with Gasteiger partial charge in [0.2, 0.25) is 5.78 Å². The van der Waals surface area contributed by atoms with Crippen molar-refractivity contribution in [1.82, 2.24) is 0 Å². The number of fused-ring (bicyclic) bond motifs is 4. The number of ketones is 2. The standard InChI is InChI=1S/C21H16O5/c1-10-7-11-9-15(26-3)18-19(16(11)13(22)8-10)20(23)12-5-4-6-14(25-2)17(12)21(18)24/h4-9,22H,1-3H3. The highest BCUT2D eigenvalue weighted by molar-refractivity contribution is 6.34. The summed E-state index contributed by atoms with van der Waals surface area (Å²) in [4.78, 5) is 26.5. The normalized spacial score (nSPS) is 12.7. The van der Waals surface area contributed by atoms with E-state index in [2.05, 4.69) is 0 Å². The van der Waals surface area contributed by atoms with Gasteiger partial charge in [-0.2, -0.15) is 0 Å². The number of benzene rings is 3. The van der Waals surface area contributed by atoms with Gasteiger partial charge < -0.3 is 14.6 Å². The Morgan fingerprint density at radius 2 is 1.58 bits per heavy atom. The molecule has 1 aliphatic rings. The van der Waals surface area contributed by atoms with Gasteiger partial charge in [0, 0.05) is 16.5 Å². The van der Waals surface area contributed by atoms with Crippen LogP contribution >= 0.6 is 0 Å². The van der Waals surface area contributed by atoms with Crippen LogP contribution < -0.4 is 9.47 Å². The summed E-state index contributed by atoms with van der Waals surface area (Å²) in [5, 5.41) is 11.5. The third-order valence-electron chi connectivity index (χ3n) is 4.72. The Kier molecular flexibility index (Phi) is 3.47. The second-order valence-electron chi connectivity index (χ2n) is 6.25. The predicted octanol–water partition coefficient (Wildman–Crippen LogP) is 3.65. The molecule has 1 aliphatic carbocycles. The van der Waals surface area contributed by atoms with E-state index in [1.165, 1.54) is 14.2 Å². The summed E-state index contributed by atoms with van der Waals surface area (Å²) in [5.74, 6) is -0.0945. The molecule has 0 unspecified atom stereocenters. The van der Waals surface area contributed by atoms with Gasteiger partial charge in [-0.25, -0.2) is 0 Å². The smallest absolute Gasteiger partial charge is 0.202 e. The number of methoxy groups -OCH3 is 2. The van der Waals surface area contributed by atoms with E-state index in [0.29, 0.717) is 22.3 Å². The van der Waals surface area contributed by atoms with Crippen molar-refractivity contribution >= 4 is 22.3 Å². The summed E-state index contributed by atoms with van der Waals surface area (Å²) in [5.41, 5.74) is 1.64. The van der Waals surface area contributed by atoms with Crippen molar-refractivity contribution in [1.29, 1.82) is 0 Å². The number of hydrogen-bond acceptors (Lipinski definition) is 5. The maximum atomic E-state index is 13.3. The lowest BCUT2D eigenvalue weighted by molar-refractivity contribution is 0.0975. The molecule has 0 aromatic heterocycles. The second kappa shape index (κ2) is 5.59. The minimum Gasteiger partial charge on any atom is -0.507 e. The summed E-state index contributed by atoms with van der Waals surface area (Å²) in [7, 11) is 2.90. The molecule has 0 fully saturated rings. The lowest BCUT2D eigenvalue weighted by Gasteiger charge is -2.23. The highest BCUT2D eigenvalue weighted by Crippen LogP contribution is 2.43. The fourth-order valence-corrected chi connectivity index (χ4v) is 3.64. The average molecular weight is 348 g/mol. The van der Waals surface area contributed by atoms with Gasteiger partial charge in [-0.05, 0) is 36.1 Å². The first-order chi connectivity index (χ1) is 12.5. The first-order valence-electron chi connectivity index (χ1n) is 8.08. The largest absolute Gasteiger partial charge is 0.507 e. The highest BCUT2D eigenvalue weighted by atomic mass is 16.5. The minimum atomic E-state index is -0.356. The van der Waals surface area contributed by atoms with Gasteiger partial charge in [-0.1, -0.05) is 18.2 Å². The molecule has 0 saturated carbocycles. The van der Waals surface area contributed by atoms with E-state index in [-0.39, 0.29) is 39.6 Å². The van der Waals surface area contributed by atoms with Crippen LogP contribution in [0.2, 0.25) is 0 Å². The van der Waals surface area contributed by atoms with Crippen molar-refractivity contribution in [3.8, 4) is 17.2 Å². The zero-order valence-electron chi connectivity index (χ0n) is 14.5. The summed E-state index contributed by atoms with van der Waals surface area (Å²) in [6.07, 6.45) is 0. The van der Waals surface area contributed by atoms with Crippen LogP contribution in [0.15, 0.2) is 36.4 Å². The van der Waals surface area contributed by atoms with Crippen LogP contribution in [0.5, 0.6) is 17.2 Å². The molecule has 1 N–H and O–H groups in total. The first-order valence-corrected chi connectivity index (χ1v) is 8.08. The number of carbonyl (C=O) groups is 2. The van der Waals surface area contributed by atoms with Crippen LogP contribution in [0, 0.1) is 6.92 Å². The van der Waals surface area contributed by atoms with E-state index in [4.69, 9.17) is 9.47 Å². The number of aromatic hydroxyl groups is 1. The molecule has 0 radical (unpaired) electrons. The molecule has 26 heavy (non-hydrogen) atoms. The number of phenols is 1. The lowest BCUT2D eigenvalue weighted by Crippen LogP contribution is -2.23. The summed E-state index contributed by atoms with van der Waals surface area (Å²) in [6.45, 7) is 1.85. The van der Waals surface area contributed by atoms with Crippen LogP contribution in [-0.4, -0.2) is 30.9 Å². The van der Waals surface area contributed by atoms with Crippen molar-refractivity contribution in [2.24, 2.45) is 0 Å². The summed E-state index contributed by atoms with van der Waals surface area (Å²) < 4.78 is 10.7. The molecule has 5 heteroatoms. The molecule has 0 atom stereocenters. The fourth-order valence-electron chi connectivity index (χ4n) is 3.64. The molecule has 0 heterocycles. The quantitative estimate of drug-likeness (QED) is 0.599. The zero-order valence-corrected chi connectivity index (χ0v) is 14.5. The van der Waals surface area contributed by atoms with E-state index in [9.17, 15) is 14.7 Å². The van der Waals surface area contributed by atoms with Crippen molar-refractivity contribution < 1.29 is 24.2 Å². The maximum absolute atomic E-state index is 13.3. The maximum Gasteiger partial charge on any atom is 0.202 e. The zero-order chi connectivity index (χ0) is 18.6. The average Bonchev–Trinajstić information content (AvgIpc) is 2.63. The molecule has 0 amide bonds. The number of rotatable bonds is 2. The van der Waals surface area contributed by atoms with E-state index in [1.807, 2.05) is 13.0 Å². The van der Waals surface area contributed by atoms with Crippen LogP contribution in [0.3, 0.4) is 0 Å². The molecule has 4 rings (SSSR count). The third-order valence-corrected chi connectivity index (χ3v) is 4.72. The number of ether oxygens (including phenoxy) is 2. The van der Waals surface area contributed by atoms with E-state index < -0.39 is 0 Å². The van der Waals surface area contributed by atoms with Crippen molar-refractivity contribution in [3.05, 3.63) is 64.2 Å². The van der Waals surface area contributed by atoms with Gasteiger partial charge >= 0.3 is 0 Å². The van der Waals surface area contributed by atoms with Crippen molar-refractivity contribution in [2.45, 2.75) is 6.92 Å². The summed E-state index contributed by atoms with van der Waals surface area (Å²) >= 11 is 0. The van der Waals surface area contributed by atoms with Crippen molar-refractivity contribution in [3.63, 3.8) is 0 Å². The van der Waals surface area contributed by atoms with Gasteiger partial charge in [0.25, 0.3) is 0 Å². The highest BCUT2D eigenvalue weighted by Gasteiger charge is 2.37. The Hall–Kier alpha value is -3.34. The molecule has 5 nitrogen and oxygen atoms in total. The Morgan fingerprint density at radius 1 is 0.846 bits per heavy atom. The Bertz CT molecular complexity index is 1110. The lowest BCUT2D eigenvalue weighted by atomic mass is 9.80. The SMILES string of the molecule is COc1cccc2c1C(=O)c1c(OC)cc3cc(C)cc(O)c3c1C2=O. The monoisotopic (exact) mass is 348 g/mol. The molecule has 130 valence electrons. The Balaban J connectivity index is 2.18. The number of carbonyl (C=O) groups excluding carboxylic acids is 2. The van der Waals surface area contributed by atoms with Crippen molar-refractivity contribution in [2.75, 3.05) is 14.2 Å². The molecular weight excluding hydrogens is 332 g/mol. The van der Waals surface area contributed by atoms with Gasteiger partial charge in [0.05, 0.1) is 25.3 Å². The molecule has 3 aromatic carbocycles. The Morgan fingerprint density at radius 3 is 2.27 bits per heavy atom. The molecule has 3 aromatic rings. The van der Waals surface area contributed by atoms with Crippen LogP contribution in [0.1, 0.15) is 37.4 Å². The second-order valence-corrected chi connectivity index (χ2v) is 6.25. The number of phenolic OH excluding ortho intramolecular Hbond substituents is 1. The van der Waals surface area contributed by atoms with Gasteiger partial charge in [0.15, 0.2) is 5.78 Å². The first kappa shape index (κ1) is 16.1. The number of aryl methyl sites for hydroxylation is 1. The molecule has 0 saturated heterocycles. The summed E-state index contributed by atoms with van der Waals surface area (Å²) in [6, 6.07) is 10.00. The predicted molar refractivity (Wildman–Crippen MR) is 96.8 cm³/mol. The van der Waals surface area contributed by atoms with E-state index in [1.54, 1.807) is 30.3 Å². The minimum absolute atomic E-state index is 0.0357. The van der Waals surface area contributed by atoms with Crippen LogP contribution in [-0.2, 0) is 0 Å². The van der Waals surface area contributed by atoms with Gasteiger partial charge in [-0.15, -0.1) is 0 Å². The molecule has 0 aliphatic heterocycles. The van der Waals surface area contributed by atoms with Gasteiger partial charge in [0.1, 0.15) is 17.2 Å². The molecular formula is C21H16O5. The van der Waals surface area contributed by atoms with Crippen LogP contribution in [0.4, 0.5) is 0 Å². The van der Waals surface area contributed by atoms with E-state index >= 15 is 0 Å². The third kappa shape index (κ3) is 2.03. The Labute approximate surface area is 149 Å².